The van der Waals surface area contributed by atoms with Crippen molar-refractivity contribution in [2.45, 2.75) is 25.9 Å². The van der Waals surface area contributed by atoms with Crippen molar-refractivity contribution in [2.75, 3.05) is 46.4 Å². The third-order valence-electron chi connectivity index (χ3n) is 2.87. The van der Waals surface area contributed by atoms with E-state index in [0.717, 1.165) is 26.1 Å². The number of aliphatic hydroxyl groups excluding tert-OH is 1. The molecular formula is C12H24N2O3. The van der Waals surface area contributed by atoms with E-state index in [-0.39, 0.29) is 12.0 Å². The summed E-state index contributed by atoms with van der Waals surface area (Å²) in [7, 11) is 1.96. The molecule has 1 N–H and O–H groups in total. The number of ether oxygens (including phenoxy) is 1. The second-order valence-corrected chi connectivity index (χ2v) is 4.71. The predicted octanol–water partition coefficient (Wildman–Crippen LogP) is -0.0620. The highest BCUT2D eigenvalue weighted by atomic mass is 16.5. The minimum Gasteiger partial charge on any atom is -0.392 e. The summed E-state index contributed by atoms with van der Waals surface area (Å²) in [5.41, 5.74) is 0. The molecule has 0 aromatic carbocycles. The number of aliphatic hydroxyl groups is 1. The molecule has 1 atom stereocenters. The average molecular weight is 244 g/mol. The van der Waals surface area contributed by atoms with Gasteiger partial charge in [-0.05, 0) is 26.9 Å². The molecule has 17 heavy (non-hydrogen) atoms. The van der Waals surface area contributed by atoms with Crippen LogP contribution in [-0.4, -0.2) is 73.4 Å². The van der Waals surface area contributed by atoms with Crippen molar-refractivity contribution in [1.29, 1.82) is 0 Å². The largest absolute Gasteiger partial charge is 0.392 e. The molecule has 0 aliphatic carbocycles. The van der Waals surface area contributed by atoms with Gasteiger partial charge in [0.05, 0.1) is 19.3 Å². The lowest BCUT2D eigenvalue weighted by Crippen LogP contribution is -2.40. The van der Waals surface area contributed by atoms with Crippen LogP contribution in [-0.2, 0) is 9.53 Å². The molecule has 1 heterocycles. The highest BCUT2D eigenvalue weighted by molar-refractivity contribution is 5.76. The summed E-state index contributed by atoms with van der Waals surface area (Å²) in [4.78, 5) is 15.7. The molecule has 1 aliphatic rings. The molecule has 0 aromatic rings. The summed E-state index contributed by atoms with van der Waals surface area (Å²) in [6, 6.07) is 0. The lowest BCUT2D eigenvalue weighted by atomic mass is 10.2. The maximum absolute atomic E-state index is 11.8. The number of hydrogen-bond acceptors (Lipinski definition) is 4. The first kappa shape index (κ1) is 14.4. The molecule has 1 unspecified atom stereocenters. The lowest BCUT2D eigenvalue weighted by Gasteiger charge is -2.27. The summed E-state index contributed by atoms with van der Waals surface area (Å²) in [5, 5.41) is 9.20. The number of carbonyl (C=O) groups is 1. The zero-order valence-corrected chi connectivity index (χ0v) is 10.9. The number of hydrogen-bond donors (Lipinski definition) is 1. The van der Waals surface area contributed by atoms with Gasteiger partial charge >= 0.3 is 0 Å². The number of likely N-dealkylation sites (N-methyl/N-ethyl adjacent to an activating group) is 1. The van der Waals surface area contributed by atoms with Gasteiger partial charge in [0.1, 0.15) is 0 Å². The van der Waals surface area contributed by atoms with Crippen LogP contribution in [0.3, 0.4) is 0 Å². The molecule has 0 bridgehead atoms. The molecule has 1 saturated heterocycles. The highest BCUT2D eigenvalue weighted by Gasteiger charge is 2.16. The molecule has 1 fully saturated rings. The topological polar surface area (TPSA) is 53.0 Å². The molecule has 5 heteroatoms. The molecule has 1 rings (SSSR count). The molecule has 5 nitrogen and oxygen atoms in total. The van der Waals surface area contributed by atoms with Crippen molar-refractivity contribution in [2.24, 2.45) is 0 Å². The van der Waals surface area contributed by atoms with Crippen LogP contribution in [0.4, 0.5) is 0 Å². The fraction of sp³-hybridized carbons (Fsp3) is 0.917. The molecule has 0 saturated carbocycles. The summed E-state index contributed by atoms with van der Waals surface area (Å²) in [6.07, 6.45) is 1.12. The van der Waals surface area contributed by atoms with E-state index in [2.05, 4.69) is 4.90 Å². The van der Waals surface area contributed by atoms with Gasteiger partial charge < -0.3 is 19.6 Å². The van der Waals surface area contributed by atoms with Gasteiger partial charge in [0, 0.05) is 26.1 Å². The third-order valence-corrected chi connectivity index (χ3v) is 2.87. The molecule has 0 radical (unpaired) electrons. The first-order valence-electron chi connectivity index (χ1n) is 6.31. The third kappa shape index (κ3) is 6.00. The van der Waals surface area contributed by atoms with Gasteiger partial charge in [-0.2, -0.15) is 0 Å². The summed E-state index contributed by atoms with van der Waals surface area (Å²) in [5.74, 6) is 0.221. The minimum absolute atomic E-state index is 0.221. The van der Waals surface area contributed by atoms with Crippen LogP contribution in [0.15, 0.2) is 0 Å². The van der Waals surface area contributed by atoms with Gasteiger partial charge in [-0.3, -0.25) is 4.79 Å². The first-order chi connectivity index (χ1) is 8.09. The van der Waals surface area contributed by atoms with E-state index >= 15 is 0 Å². The zero-order chi connectivity index (χ0) is 12.7. The van der Waals surface area contributed by atoms with Crippen LogP contribution in [0.2, 0.25) is 0 Å². The SMILES string of the molecule is CC(O)CN(C)CCCC(=O)N1CCOCC1. The Morgan fingerprint density at radius 2 is 2.12 bits per heavy atom. The maximum atomic E-state index is 11.8. The Morgan fingerprint density at radius 3 is 2.71 bits per heavy atom. The highest BCUT2D eigenvalue weighted by Crippen LogP contribution is 2.03. The van der Waals surface area contributed by atoms with Crippen molar-refractivity contribution in [3.05, 3.63) is 0 Å². The first-order valence-corrected chi connectivity index (χ1v) is 6.31. The number of morpholine rings is 1. The van der Waals surface area contributed by atoms with Gasteiger partial charge in [-0.1, -0.05) is 0 Å². The Bertz CT molecular complexity index is 228. The molecular weight excluding hydrogens is 220 g/mol. The van der Waals surface area contributed by atoms with Crippen LogP contribution in [0.25, 0.3) is 0 Å². The predicted molar refractivity (Wildman–Crippen MR) is 65.8 cm³/mol. The van der Waals surface area contributed by atoms with Crippen LogP contribution >= 0.6 is 0 Å². The Balaban J connectivity index is 2.10. The summed E-state index contributed by atoms with van der Waals surface area (Å²) in [6.45, 7) is 6.05. The van der Waals surface area contributed by atoms with E-state index in [0.29, 0.717) is 26.2 Å². The Kier molecular flexibility index (Phi) is 6.47. The number of rotatable bonds is 6. The Labute approximate surface area is 103 Å². The van der Waals surface area contributed by atoms with Crippen molar-refractivity contribution in [3.63, 3.8) is 0 Å². The van der Waals surface area contributed by atoms with Crippen molar-refractivity contribution < 1.29 is 14.6 Å². The second kappa shape index (κ2) is 7.63. The van der Waals surface area contributed by atoms with Gasteiger partial charge in [0.15, 0.2) is 0 Å². The minimum atomic E-state index is -0.310. The second-order valence-electron chi connectivity index (χ2n) is 4.71. The number of amides is 1. The van der Waals surface area contributed by atoms with Crippen LogP contribution in [0.1, 0.15) is 19.8 Å². The standard InChI is InChI=1S/C12H24N2O3/c1-11(15)10-13(2)5-3-4-12(16)14-6-8-17-9-7-14/h11,15H,3-10H2,1-2H3. The zero-order valence-electron chi connectivity index (χ0n) is 10.9. The smallest absolute Gasteiger partial charge is 0.222 e. The van der Waals surface area contributed by atoms with E-state index in [4.69, 9.17) is 4.74 Å². The van der Waals surface area contributed by atoms with Crippen LogP contribution in [0.5, 0.6) is 0 Å². The maximum Gasteiger partial charge on any atom is 0.222 e. The van der Waals surface area contributed by atoms with Gasteiger partial charge in [0.25, 0.3) is 0 Å². The van der Waals surface area contributed by atoms with Crippen LogP contribution in [0, 0.1) is 0 Å². The lowest BCUT2D eigenvalue weighted by molar-refractivity contribution is -0.135. The average Bonchev–Trinajstić information content (AvgIpc) is 2.29. The fourth-order valence-electron chi connectivity index (χ4n) is 2.01. The van der Waals surface area contributed by atoms with E-state index in [1.54, 1.807) is 6.92 Å². The van der Waals surface area contributed by atoms with E-state index in [9.17, 15) is 9.90 Å². The Hall–Kier alpha value is -0.650. The quantitative estimate of drug-likeness (QED) is 0.711. The molecule has 0 spiro atoms. The molecule has 100 valence electrons. The van der Waals surface area contributed by atoms with E-state index in [1.165, 1.54) is 0 Å². The fourth-order valence-corrected chi connectivity index (χ4v) is 2.01. The summed E-state index contributed by atoms with van der Waals surface area (Å²) < 4.78 is 5.21. The number of nitrogens with zero attached hydrogens (tertiary/aromatic N) is 2. The normalized spacial score (nSPS) is 18.5. The van der Waals surface area contributed by atoms with E-state index in [1.807, 2.05) is 11.9 Å². The number of carbonyl (C=O) groups excluding carboxylic acids is 1. The van der Waals surface area contributed by atoms with Crippen molar-refractivity contribution in [1.82, 2.24) is 9.80 Å². The monoisotopic (exact) mass is 244 g/mol. The van der Waals surface area contributed by atoms with Crippen molar-refractivity contribution in [3.8, 4) is 0 Å². The Morgan fingerprint density at radius 1 is 1.47 bits per heavy atom. The summed E-state index contributed by atoms with van der Waals surface area (Å²) >= 11 is 0. The van der Waals surface area contributed by atoms with E-state index < -0.39 is 0 Å². The van der Waals surface area contributed by atoms with Crippen molar-refractivity contribution >= 4 is 5.91 Å². The van der Waals surface area contributed by atoms with Gasteiger partial charge in [-0.25, -0.2) is 0 Å². The van der Waals surface area contributed by atoms with Gasteiger partial charge in [-0.15, -0.1) is 0 Å². The molecule has 0 aromatic heterocycles. The van der Waals surface area contributed by atoms with Crippen LogP contribution < -0.4 is 0 Å². The molecule has 1 aliphatic heterocycles. The molecule has 1 amide bonds. The van der Waals surface area contributed by atoms with Gasteiger partial charge in [0.2, 0.25) is 5.91 Å².